The number of benzene rings is 1. The third-order valence-electron chi connectivity index (χ3n) is 3.80. The van der Waals surface area contributed by atoms with E-state index in [0.717, 1.165) is 0 Å². The number of H-pyrrole nitrogens is 1. The van der Waals surface area contributed by atoms with E-state index in [0.29, 0.717) is 24.3 Å². The highest BCUT2D eigenvalue weighted by Gasteiger charge is 2.12. The van der Waals surface area contributed by atoms with Gasteiger partial charge in [-0.3, -0.25) is 14.5 Å². The largest absolute Gasteiger partial charge is 0.348 e. The molecule has 1 heterocycles. The second-order valence-electron chi connectivity index (χ2n) is 6.08. The zero-order chi connectivity index (χ0) is 20.0. The number of nitrogens with two attached hydrogens (primary N) is 1. The van der Waals surface area contributed by atoms with Crippen molar-refractivity contribution in [1.29, 1.82) is 0 Å². The van der Waals surface area contributed by atoms with Crippen LogP contribution < -0.4 is 16.0 Å². The van der Waals surface area contributed by atoms with Crippen LogP contribution in [-0.4, -0.2) is 37.8 Å². The monoisotopic (exact) mass is 390 g/mol. The molecule has 0 saturated carbocycles. The van der Waals surface area contributed by atoms with Gasteiger partial charge in [-0.2, -0.15) is 0 Å². The number of sulfonamides is 1. The predicted molar refractivity (Wildman–Crippen MR) is 103 cm³/mol. The van der Waals surface area contributed by atoms with Crippen molar-refractivity contribution in [3.63, 3.8) is 0 Å². The van der Waals surface area contributed by atoms with Crippen molar-refractivity contribution in [2.75, 3.05) is 13.6 Å². The van der Waals surface area contributed by atoms with Crippen molar-refractivity contribution in [1.82, 2.24) is 15.2 Å². The summed E-state index contributed by atoms with van der Waals surface area (Å²) in [6.07, 6.45) is 1.76. The first-order chi connectivity index (χ1) is 12.7. The van der Waals surface area contributed by atoms with E-state index < -0.39 is 21.5 Å². The van der Waals surface area contributed by atoms with Crippen LogP contribution in [0, 0.1) is 0 Å². The zero-order valence-electron chi connectivity index (χ0n) is 14.9. The molecular formula is C18H22N4O4S. The average Bonchev–Trinajstić information content (AvgIpc) is 2.59. The molecule has 0 atom stereocenters. The van der Waals surface area contributed by atoms with Crippen LogP contribution in [0.1, 0.15) is 21.6 Å². The molecular weight excluding hydrogens is 368 g/mol. The number of aromatic amines is 1. The van der Waals surface area contributed by atoms with Gasteiger partial charge in [-0.05, 0) is 36.9 Å². The molecule has 27 heavy (non-hydrogen) atoms. The van der Waals surface area contributed by atoms with E-state index in [4.69, 9.17) is 5.14 Å². The molecule has 0 saturated heterocycles. The van der Waals surface area contributed by atoms with Gasteiger partial charge in [0, 0.05) is 25.3 Å². The fourth-order valence-electron chi connectivity index (χ4n) is 2.44. The molecule has 144 valence electrons. The molecule has 1 amide bonds. The Hall–Kier alpha value is -2.75. The molecule has 0 fully saturated rings. The van der Waals surface area contributed by atoms with Gasteiger partial charge < -0.3 is 10.3 Å². The molecule has 0 radical (unpaired) electrons. The molecule has 0 spiro atoms. The Kier molecular flexibility index (Phi) is 6.67. The molecule has 4 N–H and O–H groups in total. The van der Waals surface area contributed by atoms with E-state index in [-0.39, 0.29) is 17.0 Å². The van der Waals surface area contributed by atoms with E-state index in [2.05, 4.69) is 16.9 Å². The molecule has 0 unspecified atom stereocenters. The van der Waals surface area contributed by atoms with E-state index in [1.165, 1.54) is 18.2 Å². The lowest BCUT2D eigenvalue weighted by Crippen LogP contribution is -2.30. The van der Waals surface area contributed by atoms with E-state index in [1.807, 2.05) is 11.9 Å². The first-order valence-corrected chi connectivity index (χ1v) is 9.67. The molecule has 0 aliphatic heterocycles. The van der Waals surface area contributed by atoms with Crippen molar-refractivity contribution >= 4 is 15.9 Å². The van der Waals surface area contributed by atoms with Crippen LogP contribution >= 0.6 is 0 Å². The summed E-state index contributed by atoms with van der Waals surface area (Å²) < 4.78 is 22.5. The van der Waals surface area contributed by atoms with Crippen molar-refractivity contribution in [2.45, 2.75) is 18.0 Å². The molecule has 9 heteroatoms. The minimum Gasteiger partial charge on any atom is -0.348 e. The third kappa shape index (κ3) is 5.88. The summed E-state index contributed by atoms with van der Waals surface area (Å²) in [7, 11) is -1.87. The minimum absolute atomic E-state index is 0.00581. The molecule has 2 rings (SSSR count). The number of nitrogens with one attached hydrogen (secondary N) is 2. The molecule has 0 aliphatic rings. The summed E-state index contributed by atoms with van der Waals surface area (Å²) in [5.41, 5.74) is 0.905. The van der Waals surface area contributed by atoms with Gasteiger partial charge in [0.2, 0.25) is 10.0 Å². The van der Waals surface area contributed by atoms with Gasteiger partial charge >= 0.3 is 0 Å². The number of hydrogen-bond acceptors (Lipinski definition) is 5. The van der Waals surface area contributed by atoms with Crippen LogP contribution in [0.3, 0.4) is 0 Å². The number of aromatic nitrogens is 1. The molecule has 8 nitrogen and oxygen atoms in total. The zero-order valence-corrected chi connectivity index (χ0v) is 15.8. The lowest BCUT2D eigenvalue weighted by molar-refractivity contribution is 0.0949. The molecule has 2 aromatic rings. The van der Waals surface area contributed by atoms with Crippen LogP contribution in [0.25, 0.3) is 0 Å². The Labute approximate surface area is 157 Å². The predicted octanol–water partition coefficient (Wildman–Crippen LogP) is 0.570. The maximum atomic E-state index is 12.2. The van der Waals surface area contributed by atoms with Crippen molar-refractivity contribution in [3.05, 3.63) is 76.2 Å². The van der Waals surface area contributed by atoms with Gasteiger partial charge in [0.05, 0.1) is 4.90 Å². The van der Waals surface area contributed by atoms with Gasteiger partial charge in [0.15, 0.2) is 0 Å². The first kappa shape index (κ1) is 20.6. The number of carbonyl (C=O) groups is 1. The lowest BCUT2D eigenvalue weighted by atomic mass is 10.2. The highest BCUT2D eigenvalue weighted by molar-refractivity contribution is 7.89. The third-order valence-corrected chi connectivity index (χ3v) is 4.73. The number of likely N-dealkylation sites (N-methyl/N-ethyl adjacent to an activating group) is 1. The van der Waals surface area contributed by atoms with Crippen LogP contribution in [0.4, 0.5) is 0 Å². The molecule has 0 bridgehead atoms. The van der Waals surface area contributed by atoms with E-state index in [1.54, 1.807) is 24.3 Å². The lowest BCUT2D eigenvalue weighted by Gasteiger charge is -2.14. The number of nitrogens with zero attached hydrogens (tertiary/aromatic N) is 1. The van der Waals surface area contributed by atoms with Gasteiger partial charge in [0.25, 0.3) is 11.5 Å². The Bertz CT molecular complexity index is 981. The van der Waals surface area contributed by atoms with E-state index in [9.17, 15) is 18.0 Å². The first-order valence-electron chi connectivity index (χ1n) is 8.12. The maximum absolute atomic E-state index is 12.2. The number of pyridine rings is 1. The summed E-state index contributed by atoms with van der Waals surface area (Å²) in [5.74, 6) is -0.516. The Morgan fingerprint density at radius 1 is 1.26 bits per heavy atom. The fraction of sp³-hybridized carbons (Fsp3) is 0.222. The Morgan fingerprint density at radius 3 is 2.48 bits per heavy atom. The number of carbonyl (C=O) groups excluding carboxylic acids is 1. The quantitative estimate of drug-likeness (QED) is 0.568. The Morgan fingerprint density at radius 2 is 1.93 bits per heavy atom. The summed E-state index contributed by atoms with van der Waals surface area (Å²) in [6, 6.07) is 8.98. The summed E-state index contributed by atoms with van der Waals surface area (Å²) in [5, 5.41) is 7.67. The van der Waals surface area contributed by atoms with Crippen molar-refractivity contribution in [3.8, 4) is 0 Å². The standard InChI is InChI=1S/C18H22N4O4S/c1-3-10-22(2)12-14-6-9-16(18(24)21-14)17(23)20-11-13-4-7-15(8-5-13)27(19,25)26/h3-9H,1,10-12H2,2H3,(H,20,23)(H,21,24)(H2,19,25,26). The summed E-state index contributed by atoms with van der Waals surface area (Å²) in [6.45, 7) is 5.01. The normalized spacial score (nSPS) is 11.4. The van der Waals surface area contributed by atoms with Crippen LogP contribution in [-0.2, 0) is 23.1 Å². The smallest absolute Gasteiger partial charge is 0.261 e. The second kappa shape index (κ2) is 8.76. The second-order valence-corrected chi connectivity index (χ2v) is 7.64. The van der Waals surface area contributed by atoms with Crippen LogP contribution in [0.2, 0.25) is 0 Å². The van der Waals surface area contributed by atoms with Crippen LogP contribution in [0.5, 0.6) is 0 Å². The van der Waals surface area contributed by atoms with Crippen molar-refractivity contribution < 1.29 is 13.2 Å². The number of amides is 1. The fourth-order valence-corrected chi connectivity index (χ4v) is 2.95. The molecule has 1 aromatic carbocycles. The number of primary sulfonamides is 1. The van der Waals surface area contributed by atoms with Gasteiger partial charge in [-0.15, -0.1) is 6.58 Å². The summed E-state index contributed by atoms with van der Waals surface area (Å²) in [4.78, 5) is 29.0. The highest BCUT2D eigenvalue weighted by atomic mass is 32.2. The van der Waals surface area contributed by atoms with Crippen LogP contribution in [0.15, 0.2) is 58.7 Å². The number of hydrogen-bond donors (Lipinski definition) is 3. The highest BCUT2D eigenvalue weighted by Crippen LogP contribution is 2.08. The van der Waals surface area contributed by atoms with Gasteiger partial charge in [-0.1, -0.05) is 18.2 Å². The summed E-state index contributed by atoms with van der Waals surface area (Å²) >= 11 is 0. The maximum Gasteiger partial charge on any atom is 0.261 e. The number of rotatable bonds is 8. The molecule has 0 aliphatic carbocycles. The topological polar surface area (TPSA) is 125 Å². The van der Waals surface area contributed by atoms with E-state index >= 15 is 0 Å². The van der Waals surface area contributed by atoms with Gasteiger partial charge in [-0.25, -0.2) is 13.6 Å². The molecule has 1 aromatic heterocycles. The Balaban J connectivity index is 2.01. The van der Waals surface area contributed by atoms with Crippen molar-refractivity contribution in [2.24, 2.45) is 5.14 Å². The SMILES string of the molecule is C=CCN(C)Cc1ccc(C(=O)NCc2ccc(S(N)(=O)=O)cc2)c(=O)[nH]1. The van der Waals surface area contributed by atoms with Gasteiger partial charge in [0.1, 0.15) is 5.56 Å². The minimum atomic E-state index is -3.76. The average molecular weight is 390 g/mol.